The van der Waals surface area contributed by atoms with E-state index in [0.717, 1.165) is 12.0 Å². The van der Waals surface area contributed by atoms with E-state index in [1.807, 2.05) is 38.1 Å². The summed E-state index contributed by atoms with van der Waals surface area (Å²) in [6, 6.07) is 5.64. The molecule has 2 rings (SSSR count). The Balaban J connectivity index is 0.000000617. The first-order valence-electron chi connectivity index (χ1n) is 4.87. The highest BCUT2D eigenvalue weighted by molar-refractivity contribution is 5.97. The number of primary amides is 1. The first-order valence-corrected chi connectivity index (χ1v) is 4.87. The van der Waals surface area contributed by atoms with Crippen molar-refractivity contribution in [2.75, 3.05) is 0 Å². The molecule has 0 saturated heterocycles. The molecule has 0 aromatic heterocycles. The van der Waals surface area contributed by atoms with Crippen molar-refractivity contribution in [1.82, 2.24) is 0 Å². The van der Waals surface area contributed by atoms with Crippen LogP contribution in [-0.4, -0.2) is 5.91 Å². The van der Waals surface area contributed by atoms with Gasteiger partial charge in [0.05, 0.1) is 0 Å². The van der Waals surface area contributed by atoms with E-state index in [9.17, 15) is 4.79 Å². The van der Waals surface area contributed by atoms with Crippen molar-refractivity contribution in [3.63, 3.8) is 0 Å². The first-order chi connectivity index (χ1) is 6.79. The molecular formula is C12H17NO. The van der Waals surface area contributed by atoms with Gasteiger partial charge in [0.1, 0.15) is 0 Å². The maximum absolute atomic E-state index is 10.9. The largest absolute Gasteiger partial charge is 0.366 e. The fraction of sp³-hybridized carbons (Fsp3) is 0.250. The number of rotatable bonds is 1. The summed E-state index contributed by atoms with van der Waals surface area (Å²) >= 11 is 0. The number of allylic oxidation sites excluding steroid dienone is 1. The molecule has 1 aliphatic carbocycles. The van der Waals surface area contributed by atoms with Crippen LogP contribution < -0.4 is 5.73 Å². The second-order valence-corrected chi connectivity index (χ2v) is 2.85. The highest BCUT2D eigenvalue weighted by Crippen LogP contribution is 2.22. The smallest absolute Gasteiger partial charge is 0.249 e. The van der Waals surface area contributed by atoms with E-state index in [0.29, 0.717) is 5.56 Å². The molecule has 0 unspecified atom stereocenters. The number of fused-ring (bicyclic) bond motifs is 1. The van der Waals surface area contributed by atoms with Crippen molar-refractivity contribution in [3.8, 4) is 0 Å². The summed E-state index contributed by atoms with van der Waals surface area (Å²) < 4.78 is 0. The molecule has 0 heterocycles. The zero-order valence-electron chi connectivity index (χ0n) is 8.58. The predicted octanol–water partition coefficient (Wildman–Crippen LogP) is 2.63. The fourth-order valence-corrected chi connectivity index (χ4v) is 1.51. The van der Waals surface area contributed by atoms with E-state index in [-0.39, 0.29) is 7.33 Å². The van der Waals surface area contributed by atoms with Crippen LogP contribution in [0.2, 0.25) is 0 Å². The van der Waals surface area contributed by atoms with Crippen LogP contribution in [0.4, 0.5) is 0 Å². The summed E-state index contributed by atoms with van der Waals surface area (Å²) in [5, 5.41) is 0. The molecule has 2 heteroatoms. The van der Waals surface area contributed by atoms with Crippen molar-refractivity contribution >= 4 is 12.0 Å². The van der Waals surface area contributed by atoms with Crippen molar-refractivity contribution in [3.05, 3.63) is 41.0 Å². The average Bonchev–Trinajstić information content (AvgIpc) is 2.67. The molecule has 76 valence electrons. The minimum Gasteiger partial charge on any atom is -0.366 e. The highest BCUT2D eigenvalue weighted by Gasteiger charge is 2.11. The Bertz CT molecular complexity index is 372. The SMILES string of the molecule is CC.NC(=O)c1cccc2c1C=CC2.[HH]. The van der Waals surface area contributed by atoms with Crippen LogP contribution in [-0.2, 0) is 6.42 Å². The molecule has 2 nitrogen and oxygen atoms in total. The van der Waals surface area contributed by atoms with Gasteiger partial charge < -0.3 is 5.73 Å². The maximum atomic E-state index is 10.9. The van der Waals surface area contributed by atoms with Gasteiger partial charge in [0.2, 0.25) is 5.91 Å². The molecule has 0 fully saturated rings. The molecule has 1 amide bonds. The van der Waals surface area contributed by atoms with Crippen LogP contribution in [0, 0.1) is 0 Å². The summed E-state index contributed by atoms with van der Waals surface area (Å²) in [5.74, 6) is -0.349. The average molecular weight is 191 g/mol. The molecule has 14 heavy (non-hydrogen) atoms. The quantitative estimate of drug-likeness (QED) is 0.728. The van der Waals surface area contributed by atoms with Crippen LogP contribution in [0.3, 0.4) is 0 Å². The molecule has 1 aromatic carbocycles. The topological polar surface area (TPSA) is 43.1 Å². The second-order valence-electron chi connectivity index (χ2n) is 2.85. The van der Waals surface area contributed by atoms with E-state index in [2.05, 4.69) is 0 Å². The number of carbonyl (C=O) groups is 1. The Kier molecular flexibility index (Phi) is 3.46. The minimum atomic E-state index is -0.349. The third-order valence-corrected chi connectivity index (χ3v) is 2.08. The summed E-state index contributed by atoms with van der Waals surface area (Å²) in [6.07, 6.45) is 4.91. The third-order valence-electron chi connectivity index (χ3n) is 2.08. The lowest BCUT2D eigenvalue weighted by atomic mass is 10.0. The lowest BCUT2D eigenvalue weighted by Gasteiger charge is -2.02. The molecule has 0 aliphatic heterocycles. The van der Waals surface area contributed by atoms with Crippen molar-refractivity contribution in [2.45, 2.75) is 20.3 Å². The second kappa shape index (κ2) is 4.61. The Hall–Kier alpha value is -1.57. The van der Waals surface area contributed by atoms with Gasteiger partial charge in [-0.05, 0) is 23.6 Å². The van der Waals surface area contributed by atoms with E-state index in [1.165, 1.54) is 5.56 Å². The normalized spacial score (nSPS) is 11.6. The number of benzene rings is 1. The van der Waals surface area contributed by atoms with Gasteiger partial charge >= 0.3 is 0 Å². The number of amides is 1. The van der Waals surface area contributed by atoms with E-state index < -0.39 is 0 Å². The summed E-state index contributed by atoms with van der Waals surface area (Å²) in [6.45, 7) is 4.00. The Labute approximate surface area is 85.9 Å². The highest BCUT2D eigenvalue weighted by atomic mass is 16.1. The molecule has 0 saturated carbocycles. The zero-order chi connectivity index (χ0) is 10.6. The van der Waals surface area contributed by atoms with Crippen molar-refractivity contribution < 1.29 is 6.22 Å². The fourth-order valence-electron chi connectivity index (χ4n) is 1.51. The van der Waals surface area contributed by atoms with Gasteiger partial charge in [-0.2, -0.15) is 0 Å². The third kappa shape index (κ3) is 1.84. The molecule has 0 atom stereocenters. The van der Waals surface area contributed by atoms with Crippen LogP contribution in [0.5, 0.6) is 0 Å². The van der Waals surface area contributed by atoms with E-state index in [4.69, 9.17) is 5.73 Å². The van der Waals surface area contributed by atoms with Gasteiger partial charge in [-0.3, -0.25) is 4.79 Å². The van der Waals surface area contributed by atoms with E-state index >= 15 is 0 Å². The summed E-state index contributed by atoms with van der Waals surface area (Å²) in [4.78, 5) is 10.9. The Morgan fingerprint density at radius 1 is 1.43 bits per heavy atom. The van der Waals surface area contributed by atoms with Gasteiger partial charge in [0.15, 0.2) is 0 Å². The van der Waals surface area contributed by atoms with Gasteiger partial charge in [-0.25, -0.2) is 0 Å². The molecular weight excluding hydrogens is 174 g/mol. The molecule has 1 aliphatic rings. The van der Waals surface area contributed by atoms with Crippen LogP contribution >= 0.6 is 0 Å². The summed E-state index contributed by atoms with van der Waals surface area (Å²) in [7, 11) is 0. The van der Waals surface area contributed by atoms with Gasteiger partial charge in [0.25, 0.3) is 0 Å². The zero-order valence-corrected chi connectivity index (χ0v) is 8.58. The molecule has 2 N–H and O–H groups in total. The maximum Gasteiger partial charge on any atom is 0.249 e. The Morgan fingerprint density at radius 3 is 2.79 bits per heavy atom. The molecule has 0 bridgehead atoms. The van der Waals surface area contributed by atoms with Crippen LogP contribution in [0.1, 0.15) is 36.8 Å². The monoisotopic (exact) mass is 191 g/mol. The first kappa shape index (κ1) is 10.5. The minimum absolute atomic E-state index is 0. The van der Waals surface area contributed by atoms with Gasteiger partial charge in [-0.1, -0.05) is 38.1 Å². The predicted molar refractivity (Wildman–Crippen MR) is 61.2 cm³/mol. The number of nitrogens with two attached hydrogens (primary N) is 1. The van der Waals surface area contributed by atoms with Gasteiger partial charge in [-0.15, -0.1) is 0 Å². The summed E-state index contributed by atoms with van der Waals surface area (Å²) in [5.41, 5.74) is 8.02. The standard InChI is InChI=1S/C10H9NO.C2H6.H2/c11-10(12)9-6-2-4-7-3-1-5-8(7)9;1-2;/h1-2,4-6H,3H2,(H2,11,12);1-2H3;1H. The number of hydrogen-bond acceptors (Lipinski definition) is 1. The van der Waals surface area contributed by atoms with Crippen LogP contribution in [0.15, 0.2) is 24.3 Å². The number of carbonyl (C=O) groups excluding carboxylic acids is 1. The molecule has 0 spiro atoms. The van der Waals surface area contributed by atoms with Crippen molar-refractivity contribution in [1.29, 1.82) is 0 Å². The lowest BCUT2D eigenvalue weighted by Crippen LogP contribution is -2.12. The molecule has 0 radical (unpaired) electrons. The molecule has 1 aromatic rings. The van der Waals surface area contributed by atoms with Crippen molar-refractivity contribution in [2.24, 2.45) is 5.73 Å². The van der Waals surface area contributed by atoms with Crippen LogP contribution in [0.25, 0.3) is 6.08 Å². The Morgan fingerprint density at radius 2 is 2.14 bits per heavy atom. The van der Waals surface area contributed by atoms with Gasteiger partial charge in [0, 0.05) is 6.99 Å². The number of hydrogen-bond donors (Lipinski definition) is 1. The van der Waals surface area contributed by atoms with E-state index in [1.54, 1.807) is 6.07 Å². The lowest BCUT2D eigenvalue weighted by molar-refractivity contribution is 0.1000.